The Morgan fingerprint density at radius 2 is 2.17 bits per heavy atom. The maximum absolute atomic E-state index is 12.8. The van der Waals surface area contributed by atoms with E-state index in [1.807, 2.05) is 18.2 Å². The van der Waals surface area contributed by atoms with Crippen molar-refractivity contribution >= 4 is 32.6 Å². The van der Waals surface area contributed by atoms with E-state index in [0.29, 0.717) is 6.04 Å². The van der Waals surface area contributed by atoms with Gasteiger partial charge in [0.2, 0.25) is 5.91 Å². The summed E-state index contributed by atoms with van der Waals surface area (Å²) in [6.07, 6.45) is 5.88. The number of piperidine rings is 2. The van der Waals surface area contributed by atoms with E-state index in [4.69, 9.17) is 9.72 Å². The van der Waals surface area contributed by atoms with Gasteiger partial charge in [-0.3, -0.25) is 9.69 Å². The van der Waals surface area contributed by atoms with Gasteiger partial charge in [0.1, 0.15) is 5.75 Å². The summed E-state index contributed by atoms with van der Waals surface area (Å²) >= 11 is 1.68. The molecule has 2 unspecified atom stereocenters. The molecule has 0 radical (unpaired) electrons. The predicted molar refractivity (Wildman–Crippen MR) is 119 cm³/mol. The molecular formula is C22H32N4O2S. The monoisotopic (exact) mass is 416 g/mol. The van der Waals surface area contributed by atoms with Crippen molar-refractivity contribution in [2.75, 3.05) is 44.7 Å². The highest BCUT2D eigenvalue weighted by molar-refractivity contribution is 7.22. The Morgan fingerprint density at radius 3 is 3.00 bits per heavy atom. The van der Waals surface area contributed by atoms with Gasteiger partial charge in [-0.1, -0.05) is 17.8 Å². The number of benzene rings is 1. The van der Waals surface area contributed by atoms with Crippen LogP contribution in [0.15, 0.2) is 18.2 Å². The summed E-state index contributed by atoms with van der Waals surface area (Å²) in [6, 6.07) is 6.63. The number of amides is 1. The fraction of sp³-hybridized carbons (Fsp3) is 0.636. The lowest BCUT2D eigenvalue weighted by atomic mass is 9.97. The van der Waals surface area contributed by atoms with Crippen molar-refractivity contribution in [3.63, 3.8) is 0 Å². The molecule has 1 N–H and O–H groups in total. The molecule has 0 aliphatic carbocycles. The fourth-order valence-electron chi connectivity index (χ4n) is 4.48. The molecule has 3 heterocycles. The van der Waals surface area contributed by atoms with Gasteiger partial charge in [-0.2, -0.15) is 0 Å². The second-order valence-electron chi connectivity index (χ2n) is 8.29. The van der Waals surface area contributed by atoms with Crippen LogP contribution in [-0.4, -0.2) is 61.7 Å². The fourth-order valence-corrected chi connectivity index (χ4v) is 5.51. The normalized spacial score (nSPS) is 23.3. The smallest absolute Gasteiger partial charge is 0.224 e. The van der Waals surface area contributed by atoms with Crippen LogP contribution in [-0.2, 0) is 4.79 Å². The van der Waals surface area contributed by atoms with Gasteiger partial charge in [-0.05, 0) is 57.4 Å². The molecule has 7 heteroatoms. The second kappa shape index (κ2) is 9.30. The number of hydrogen-bond donors (Lipinski definition) is 1. The van der Waals surface area contributed by atoms with E-state index in [1.165, 1.54) is 19.3 Å². The SMILES string of the molecule is COc1ccc2nc(N3CCCC(C(=O)NCCN4CCCCC4C)C3)sc2c1. The largest absolute Gasteiger partial charge is 0.497 e. The molecule has 2 aromatic rings. The van der Waals surface area contributed by atoms with E-state index in [0.717, 1.165) is 66.7 Å². The van der Waals surface area contributed by atoms with Crippen LogP contribution in [0.3, 0.4) is 0 Å². The quantitative estimate of drug-likeness (QED) is 0.781. The van der Waals surface area contributed by atoms with E-state index < -0.39 is 0 Å². The Bertz CT molecular complexity index is 839. The molecule has 1 aromatic carbocycles. The number of nitrogens with zero attached hydrogens (tertiary/aromatic N) is 3. The van der Waals surface area contributed by atoms with Crippen molar-refractivity contribution in [3.8, 4) is 5.75 Å². The highest BCUT2D eigenvalue weighted by atomic mass is 32.1. The van der Waals surface area contributed by atoms with E-state index in [-0.39, 0.29) is 11.8 Å². The first-order valence-corrected chi connectivity index (χ1v) is 11.7. The van der Waals surface area contributed by atoms with Crippen molar-refractivity contribution in [2.45, 2.75) is 45.1 Å². The minimum absolute atomic E-state index is 0.0454. The van der Waals surface area contributed by atoms with Crippen LogP contribution in [0.4, 0.5) is 5.13 Å². The first-order chi connectivity index (χ1) is 14.1. The van der Waals surface area contributed by atoms with Crippen LogP contribution in [0.5, 0.6) is 5.75 Å². The summed E-state index contributed by atoms with van der Waals surface area (Å²) in [7, 11) is 1.68. The Balaban J connectivity index is 1.32. The highest BCUT2D eigenvalue weighted by Crippen LogP contribution is 2.33. The number of ether oxygens (including phenoxy) is 1. The predicted octanol–water partition coefficient (Wildman–Crippen LogP) is 3.51. The molecule has 1 amide bonds. The molecule has 0 bridgehead atoms. The number of methoxy groups -OCH3 is 1. The van der Waals surface area contributed by atoms with E-state index in [2.05, 4.69) is 22.0 Å². The molecule has 2 saturated heterocycles. The third-order valence-electron chi connectivity index (χ3n) is 6.29. The third-order valence-corrected chi connectivity index (χ3v) is 7.36. The van der Waals surface area contributed by atoms with Crippen LogP contribution in [0.2, 0.25) is 0 Å². The molecule has 2 atom stereocenters. The van der Waals surface area contributed by atoms with Crippen LogP contribution in [0.25, 0.3) is 10.2 Å². The van der Waals surface area contributed by atoms with Crippen LogP contribution in [0, 0.1) is 5.92 Å². The summed E-state index contributed by atoms with van der Waals surface area (Å²) in [5.74, 6) is 1.10. The van der Waals surface area contributed by atoms with Gasteiger partial charge in [0.05, 0.1) is 23.2 Å². The Kier molecular flexibility index (Phi) is 6.55. The summed E-state index contributed by atoms with van der Waals surface area (Å²) in [5, 5.41) is 4.20. The molecule has 2 aliphatic rings. The van der Waals surface area contributed by atoms with Gasteiger partial charge in [0, 0.05) is 32.2 Å². The lowest BCUT2D eigenvalue weighted by Crippen LogP contribution is -2.46. The Labute approximate surface area is 177 Å². The highest BCUT2D eigenvalue weighted by Gasteiger charge is 2.27. The number of carbonyl (C=O) groups is 1. The van der Waals surface area contributed by atoms with Crippen molar-refractivity contribution < 1.29 is 9.53 Å². The number of nitrogens with one attached hydrogen (secondary N) is 1. The van der Waals surface area contributed by atoms with Gasteiger partial charge in [-0.25, -0.2) is 4.98 Å². The van der Waals surface area contributed by atoms with Crippen LogP contribution >= 0.6 is 11.3 Å². The summed E-state index contributed by atoms with van der Waals surface area (Å²) in [5.41, 5.74) is 0.994. The van der Waals surface area contributed by atoms with Crippen molar-refractivity contribution in [2.24, 2.45) is 5.92 Å². The number of aromatic nitrogens is 1. The molecular weight excluding hydrogens is 384 g/mol. The average Bonchev–Trinajstić information content (AvgIpc) is 3.18. The zero-order valence-electron chi connectivity index (χ0n) is 17.5. The molecule has 2 fully saturated rings. The zero-order valence-corrected chi connectivity index (χ0v) is 18.3. The number of anilines is 1. The first kappa shape index (κ1) is 20.4. The van der Waals surface area contributed by atoms with E-state index >= 15 is 0 Å². The van der Waals surface area contributed by atoms with Crippen molar-refractivity contribution in [1.29, 1.82) is 0 Å². The molecule has 6 nitrogen and oxygen atoms in total. The maximum Gasteiger partial charge on any atom is 0.224 e. The Hall–Kier alpha value is -1.86. The van der Waals surface area contributed by atoms with Crippen molar-refractivity contribution in [1.82, 2.24) is 15.2 Å². The standard InChI is InChI=1S/C22H32N4O2S/c1-16-6-3-4-11-25(16)13-10-23-21(27)17-7-5-12-26(15-17)22-24-19-9-8-18(28-2)14-20(19)29-22/h8-9,14,16-17H,3-7,10-13,15H2,1-2H3,(H,23,27). The van der Waals surface area contributed by atoms with Gasteiger partial charge < -0.3 is 15.0 Å². The zero-order chi connectivity index (χ0) is 20.2. The number of fused-ring (bicyclic) bond motifs is 1. The lowest BCUT2D eigenvalue weighted by molar-refractivity contribution is -0.125. The molecule has 158 valence electrons. The average molecular weight is 417 g/mol. The summed E-state index contributed by atoms with van der Waals surface area (Å²) in [6.45, 7) is 6.89. The molecule has 0 spiro atoms. The maximum atomic E-state index is 12.8. The van der Waals surface area contributed by atoms with Crippen LogP contribution < -0.4 is 15.0 Å². The Morgan fingerprint density at radius 1 is 1.28 bits per heavy atom. The number of hydrogen-bond acceptors (Lipinski definition) is 6. The molecule has 4 rings (SSSR count). The van der Waals surface area contributed by atoms with E-state index in [1.54, 1.807) is 18.4 Å². The summed E-state index contributed by atoms with van der Waals surface area (Å²) < 4.78 is 6.45. The molecule has 29 heavy (non-hydrogen) atoms. The molecule has 2 aliphatic heterocycles. The van der Waals surface area contributed by atoms with Gasteiger partial charge >= 0.3 is 0 Å². The first-order valence-electron chi connectivity index (χ1n) is 10.9. The van der Waals surface area contributed by atoms with Crippen LogP contribution in [0.1, 0.15) is 39.0 Å². The number of thiazole rings is 1. The molecule has 1 aromatic heterocycles. The van der Waals surface area contributed by atoms with Gasteiger partial charge in [0.25, 0.3) is 0 Å². The number of likely N-dealkylation sites (tertiary alicyclic amines) is 1. The van der Waals surface area contributed by atoms with E-state index in [9.17, 15) is 4.79 Å². The second-order valence-corrected chi connectivity index (χ2v) is 9.30. The van der Waals surface area contributed by atoms with Gasteiger partial charge in [-0.15, -0.1) is 0 Å². The molecule has 0 saturated carbocycles. The summed E-state index contributed by atoms with van der Waals surface area (Å²) in [4.78, 5) is 22.3. The minimum Gasteiger partial charge on any atom is -0.497 e. The minimum atomic E-state index is 0.0454. The van der Waals surface area contributed by atoms with Crippen molar-refractivity contribution in [3.05, 3.63) is 18.2 Å². The topological polar surface area (TPSA) is 57.7 Å². The lowest BCUT2D eigenvalue weighted by Gasteiger charge is -2.34. The van der Waals surface area contributed by atoms with Gasteiger partial charge in [0.15, 0.2) is 5.13 Å². The third kappa shape index (κ3) is 4.83. The number of carbonyl (C=O) groups excluding carboxylic acids is 1. The number of rotatable bonds is 6.